The second-order valence-corrected chi connectivity index (χ2v) is 5.13. The van der Waals surface area contributed by atoms with Gasteiger partial charge in [0.05, 0.1) is 4.88 Å². The predicted octanol–water partition coefficient (Wildman–Crippen LogP) is 3.81. The van der Waals surface area contributed by atoms with Crippen molar-refractivity contribution in [3.63, 3.8) is 0 Å². The number of benzene rings is 1. The molecule has 19 heavy (non-hydrogen) atoms. The van der Waals surface area contributed by atoms with Crippen molar-refractivity contribution >= 4 is 11.3 Å². The Labute approximate surface area is 112 Å². The number of hydrogen-bond donors (Lipinski definition) is 1. The summed E-state index contributed by atoms with van der Waals surface area (Å²) in [6, 6.07) is 7.14. The Kier molecular flexibility index (Phi) is 3.91. The third kappa shape index (κ3) is 3.13. The van der Waals surface area contributed by atoms with Gasteiger partial charge in [-0.1, -0.05) is 31.2 Å². The number of hydrogen-bond acceptors (Lipinski definition) is 3. The molecule has 0 saturated carbocycles. The third-order valence-corrected chi connectivity index (χ3v) is 3.83. The zero-order valence-electron chi connectivity index (χ0n) is 10.1. The first-order valence-corrected chi connectivity index (χ1v) is 6.53. The summed E-state index contributed by atoms with van der Waals surface area (Å²) in [5.41, 5.74) is 1.67. The van der Waals surface area contributed by atoms with Crippen LogP contribution in [0.3, 0.4) is 0 Å². The minimum atomic E-state index is -4.46. The minimum absolute atomic E-state index is 0.191. The summed E-state index contributed by atoms with van der Waals surface area (Å²) in [7, 11) is 0. The van der Waals surface area contributed by atoms with E-state index < -0.39 is 17.3 Å². The summed E-state index contributed by atoms with van der Waals surface area (Å²) in [4.78, 5) is 3.49. The number of aryl methyl sites for hydroxylation is 1. The molecule has 0 fully saturated rings. The molecular formula is C13H12F3NOS. The number of alkyl halides is 3. The molecule has 1 atom stereocenters. The molecule has 0 spiro atoms. The van der Waals surface area contributed by atoms with Crippen molar-refractivity contribution < 1.29 is 18.3 Å². The molecule has 0 aliphatic carbocycles. The smallest absolute Gasteiger partial charge is 0.383 e. The molecule has 1 unspecified atom stereocenters. The van der Waals surface area contributed by atoms with Gasteiger partial charge in [0.15, 0.2) is 5.01 Å². The molecule has 1 aromatic heterocycles. The van der Waals surface area contributed by atoms with Crippen molar-refractivity contribution in [2.24, 2.45) is 0 Å². The predicted molar refractivity (Wildman–Crippen MR) is 67.0 cm³/mol. The molecule has 6 heteroatoms. The Balaban J connectivity index is 2.23. The van der Waals surface area contributed by atoms with Crippen LogP contribution in [0.1, 0.15) is 34.0 Å². The van der Waals surface area contributed by atoms with E-state index >= 15 is 0 Å². The van der Waals surface area contributed by atoms with Crippen LogP contribution < -0.4 is 0 Å². The van der Waals surface area contributed by atoms with E-state index in [1.807, 2.05) is 19.1 Å². The first kappa shape index (κ1) is 14.0. The lowest BCUT2D eigenvalue weighted by Crippen LogP contribution is -2.03. The minimum Gasteiger partial charge on any atom is -0.383 e. The lowest BCUT2D eigenvalue weighted by Gasteiger charge is -2.09. The molecule has 2 aromatic rings. The maximum absolute atomic E-state index is 12.4. The van der Waals surface area contributed by atoms with Crippen molar-refractivity contribution in [2.45, 2.75) is 25.6 Å². The topological polar surface area (TPSA) is 33.1 Å². The molecule has 0 aliphatic heterocycles. The molecule has 1 aromatic carbocycles. The van der Waals surface area contributed by atoms with Crippen LogP contribution in [0.2, 0.25) is 0 Å². The number of aliphatic hydroxyl groups is 1. The van der Waals surface area contributed by atoms with E-state index in [-0.39, 0.29) is 4.88 Å². The Morgan fingerprint density at radius 1 is 1.26 bits per heavy atom. The summed E-state index contributed by atoms with van der Waals surface area (Å²) < 4.78 is 37.3. The van der Waals surface area contributed by atoms with Crippen LogP contribution >= 0.6 is 11.3 Å². The van der Waals surface area contributed by atoms with Gasteiger partial charge in [0.1, 0.15) is 6.10 Å². The molecule has 0 saturated heterocycles. The summed E-state index contributed by atoms with van der Waals surface area (Å²) >= 11 is 0.467. The molecule has 1 N–H and O–H groups in total. The highest BCUT2D eigenvalue weighted by atomic mass is 32.1. The largest absolute Gasteiger partial charge is 0.443 e. The van der Waals surface area contributed by atoms with E-state index in [2.05, 4.69) is 4.98 Å². The second kappa shape index (κ2) is 5.30. The first-order valence-electron chi connectivity index (χ1n) is 5.71. The van der Waals surface area contributed by atoms with Crippen LogP contribution in [-0.2, 0) is 12.6 Å². The fourth-order valence-corrected chi connectivity index (χ4v) is 2.44. The van der Waals surface area contributed by atoms with Gasteiger partial charge in [0.25, 0.3) is 0 Å². The van der Waals surface area contributed by atoms with Gasteiger partial charge in [0, 0.05) is 6.20 Å². The van der Waals surface area contributed by atoms with Crippen molar-refractivity contribution in [3.8, 4) is 0 Å². The number of halogens is 3. The number of nitrogens with zero attached hydrogens (tertiary/aromatic N) is 1. The van der Waals surface area contributed by atoms with Gasteiger partial charge >= 0.3 is 6.18 Å². The Bertz CT molecular complexity index is 548. The normalized spacial score (nSPS) is 13.5. The van der Waals surface area contributed by atoms with Gasteiger partial charge in [-0.05, 0) is 17.5 Å². The molecule has 1 heterocycles. The Morgan fingerprint density at radius 2 is 1.89 bits per heavy atom. The Morgan fingerprint density at radius 3 is 2.37 bits per heavy atom. The van der Waals surface area contributed by atoms with Gasteiger partial charge in [-0.3, -0.25) is 0 Å². The fraction of sp³-hybridized carbons (Fsp3) is 0.308. The summed E-state index contributed by atoms with van der Waals surface area (Å²) in [6.07, 6.45) is -3.59. The van der Waals surface area contributed by atoms with Gasteiger partial charge in [-0.25, -0.2) is 4.98 Å². The van der Waals surface area contributed by atoms with Gasteiger partial charge in [-0.2, -0.15) is 13.2 Å². The maximum atomic E-state index is 12.4. The van der Waals surface area contributed by atoms with Gasteiger partial charge in [-0.15, -0.1) is 11.3 Å². The van der Waals surface area contributed by atoms with Crippen LogP contribution in [-0.4, -0.2) is 10.1 Å². The molecule has 0 amide bonds. The van der Waals surface area contributed by atoms with Crippen molar-refractivity contribution in [1.29, 1.82) is 0 Å². The van der Waals surface area contributed by atoms with E-state index in [0.29, 0.717) is 16.9 Å². The molecule has 2 rings (SSSR count). The molecular weight excluding hydrogens is 275 g/mol. The summed E-state index contributed by atoms with van der Waals surface area (Å²) in [5.74, 6) is 0. The van der Waals surface area contributed by atoms with E-state index in [0.717, 1.165) is 18.2 Å². The SMILES string of the molecule is CCc1ccc(C(O)c2cnc(C(F)(F)F)s2)cc1. The monoisotopic (exact) mass is 287 g/mol. The second-order valence-electron chi connectivity index (χ2n) is 4.06. The van der Waals surface area contributed by atoms with Crippen LogP contribution in [0.15, 0.2) is 30.5 Å². The average Bonchev–Trinajstić information content (AvgIpc) is 2.87. The zero-order chi connectivity index (χ0) is 14.0. The highest BCUT2D eigenvalue weighted by Crippen LogP contribution is 2.35. The van der Waals surface area contributed by atoms with Crippen molar-refractivity contribution in [2.75, 3.05) is 0 Å². The molecule has 102 valence electrons. The van der Waals surface area contributed by atoms with Crippen LogP contribution in [0.4, 0.5) is 13.2 Å². The first-order chi connectivity index (χ1) is 8.91. The molecule has 0 bridgehead atoms. The van der Waals surface area contributed by atoms with Crippen molar-refractivity contribution in [1.82, 2.24) is 4.98 Å². The summed E-state index contributed by atoms with van der Waals surface area (Å²) in [6.45, 7) is 2.00. The van der Waals surface area contributed by atoms with Gasteiger partial charge < -0.3 is 5.11 Å². The van der Waals surface area contributed by atoms with Gasteiger partial charge in [0.2, 0.25) is 0 Å². The molecule has 0 radical (unpaired) electrons. The lowest BCUT2D eigenvalue weighted by molar-refractivity contribution is -0.137. The average molecular weight is 287 g/mol. The number of aromatic nitrogens is 1. The zero-order valence-corrected chi connectivity index (χ0v) is 10.9. The number of thiazole rings is 1. The highest BCUT2D eigenvalue weighted by Gasteiger charge is 2.35. The lowest BCUT2D eigenvalue weighted by atomic mass is 10.1. The van der Waals surface area contributed by atoms with E-state index in [1.54, 1.807) is 12.1 Å². The van der Waals surface area contributed by atoms with Crippen LogP contribution in [0.5, 0.6) is 0 Å². The van der Waals surface area contributed by atoms with Crippen LogP contribution in [0, 0.1) is 0 Å². The quantitative estimate of drug-likeness (QED) is 0.931. The van der Waals surface area contributed by atoms with Crippen LogP contribution in [0.25, 0.3) is 0 Å². The van der Waals surface area contributed by atoms with Crippen molar-refractivity contribution in [3.05, 3.63) is 51.5 Å². The molecule has 2 nitrogen and oxygen atoms in total. The van der Waals surface area contributed by atoms with E-state index in [1.165, 1.54) is 0 Å². The Hall–Kier alpha value is -1.40. The van der Waals surface area contributed by atoms with E-state index in [4.69, 9.17) is 0 Å². The standard InChI is InChI=1S/C13H12F3NOS/c1-2-8-3-5-9(6-4-8)11(18)10-7-17-12(19-10)13(14,15)16/h3-7,11,18H,2H2,1H3. The van der Waals surface area contributed by atoms with E-state index in [9.17, 15) is 18.3 Å². The maximum Gasteiger partial charge on any atom is 0.443 e. The fourth-order valence-electron chi connectivity index (χ4n) is 1.64. The third-order valence-electron chi connectivity index (χ3n) is 2.74. The number of aliphatic hydroxyl groups excluding tert-OH is 1. The molecule has 0 aliphatic rings. The summed E-state index contributed by atoms with van der Waals surface area (Å²) in [5, 5.41) is 9.10. The number of rotatable bonds is 3. The highest BCUT2D eigenvalue weighted by molar-refractivity contribution is 7.11.